The van der Waals surface area contributed by atoms with Crippen molar-refractivity contribution in [1.82, 2.24) is 0 Å². The molecule has 0 bridgehead atoms. The zero-order valence-electron chi connectivity index (χ0n) is 13.7. The maximum atomic E-state index is 12.6. The van der Waals surface area contributed by atoms with Crippen molar-refractivity contribution < 1.29 is 4.79 Å². The SMILES string of the molecule is CC[C@H](Sc1ccc(Cl)cc1)C(=O)Nc1ccccc1C(C)C. The van der Waals surface area contributed by atoms with Crippen molar-refractivity contribution in [1.29, 1.82) is 0 Å². The number of para-hydroxylation sites is 1. The van der Waals surface area contributed by atoms with E-state index in [0.29, 0.717) is 10.9 Å². The first-order valence-electron chi connectivity index (χ1n) is 7.83. The van der Waals surface area contributed by atoms with Gasteiger partial charge in [0.15, 0.2) is 0 Å². The van der Waals surface area contributed by atoms with E-state index in [0.717, 1.165) is 22.6 Å². The van der Waals surface area contributed by atoms with Gasteiger partial charge in [0.2, 0.25) is 5.91 Å². The van der Waals surface area contributed by atoms with E-state index in [4.69, 9.17) is 11.6 Å². The van der Waals surface area contributed by atoms with Gasteiger partial charge >= 0.3 is 0 Å². The quantitative estimate of drug-likeness (QED) is 0.652. The second kappa shape index (κ2) is 8.42. The summed E-state index contributed by atoms with van der Waals surface area (Å²) < 4.78 is 0. The molecular weight excluding hydrogens is 326 g/mol. The molecule has 1 amide bonds. The smallest absolute Gasteiger partial charge is 0.237 e. The topological polar surface area (TPSA) is 29.1 Å². The van der Waals surface area contributed by atoms with E-state index in [1.54, 1.807) is 11.8 Å². The molecule has 0 unspecified atom stereocenters. The second-order valence-corrected chi connectivity index (χ2v) is 7.41. The molecule has 2 aromatic rings. The van der Waals surface area contributed by atoms with Crippen molar-refractivity contribution in [2.75, 3.05) is 5.32 Å². The van der Waals surface area contributed by atoms with E-state index < -0.39 is 0 Å². The lowest BCUT2D eigenvalue weighted by molar-refractivity contribution is -0.115. The Bertz CT molecular complexity index is 655. The van der Waals surface area contributed by atoms with Crippen molar-refractivity contribution in [2.45, 2.75) is 43.3 Å². The number of amides is 1. The van der Waals surface area contributed by atoms with Crippen LogP contribution in [0.15, 0.2) is 53.4 Å². The number of rotatable bonds is 6. The molecule has 0 saturated heterocycles. The zero-order valence-corrected chi connectivity index (χ0v) is 15.2. The Hall–Kier alpha value is -1.45. The maximum absolute atomic E-state index is 12.6. The largest absolute Gasteiger partial charge is 0.325 e. The molecule has 0 aromatic heterocycles. The normalized spacial score (nSPS) is 12.2. The molecule has 0 spiro atoms. The van der Waals surface area contributed by atoms with E-state index in [1.165, 1.54) is 0 Å². The lowest BCUT2D eigenvalue weighted by Gasteiger charge is -2.18. The molecule has 0 saturated carbocycles. The molecule has 2 nitrogen and oxygen atoms in total. The van der Waals surface area contributed by atoms with Crippen LogP contribution in [-0.2, 0) is 4.79 Å². The van der Waals surface area contributed by atoms with Gasteiger partial charge in [-0.1, -0.05) is 50.6 Å². The highest BCUT2D eigenvalue weighted by molar-refractivity contribution is 8.00. The Morgan fingerprint density at radius 3 is 2.39 bits per heavy atom. The predicted molar refractivity (Wildman–Crippen MR) is 101 cm³/mol. The van der Waals surface area contributed by atoms with Crippen molar-refractivity contribution >= 4 is 35.0 Å². The van der Waals surface area contributed by atoms with Crippen molar-refractivity contribution in [2.24, 2.45) is 0 Å². The Kier molecular flexibility index (Phi) is 6.55. The number of halogens is 1. The molecule has 2 aromatic carbocycles. The number of hydrogen-bond acceptors (Lipinski definition) is 2. The molecule has 1 atom stereocenters. The van der Waals surface area contributed by atoms with Crippen molar-refractivity contribution in [3.63, 3.8) is 0 Å². The summed E-state index contributed by atoms with van der Waals surface area (Å²) in [5.41, 5.74) is 2.06. The van der Waals surface area contributed by atoms with Gasteiger partial charge in [-0.25, -0.2) is 0 Å². The number of carbonyl (C=O) groups is 1. The predicted octanol–water partition coefficient (Wildman–Crippen LogP) is 5.97. The molecule has 0 aliphatic rings. The van der Waals surface area contributed by atoms with Crippen LogP contribution in [0.3, 0.4) is 0 Å². The summed E-state index contributed by atoms with van der Waals surface area (Å²) in [6.45, 7) is 6.29. The molecule has 0 heterocycles. The minimum Gasteiger partial charge on any atom is -0.325 e. The van der Waals surface area contributed by atoms with Gasteiger partial charge in [0.25, 0.3) is 0 Å². The highest BCUT2D eigenvalue weighted by Gasteiger charge is 2.19. The third-order valence-corrected chi connectivity index (χ3v) is 5.22. The van der Waals surface area contributed by atoms with Gasteiger partial charge in [0.05, 0.1) is 5.25 Å². The molecular formula is C19H22ClNOS. The number of anilines is 1. The van der Waals surface area contributed by atoms with E-state index in [9.17, 15) is 4.79 Å². The molecule has 122 valence electrons. The van der Waals surface area contributed by atoms with Crippen LogP contribution in [0.1, 0.15) is 38.7 Å². The van der Waals surface area contributed by atoms with Crippen LogP contribution >= 0.6 is 23.4 Å². The van der Waals surface area contributed by atoms with Crippen LogP contribution in [0.5, 0.6) is 0 Å². The fraction of sp³-hybridized carbons (Fsp3) is 0.316. The van der Waals surface area contributed by atoms with Crippen LogP contribution in [0.4, 0.5) is 5.69 Å². The standard InChI is InChI=1S/C19H22ClNOS/c1-4-18(23-15-11-9-14(20)10-12-15)19(22)21-17-8-6-5-7-16(17)13(2)3/h5-13,18H,4H2,1-3H3,(H,21,22)/t18-/m0/s1. The minimum absolute atomic E-state index is 0.0422. The highest BCUT2D eigenvalue weighted by atomic mass is 35.5. The first-order valence-corrected chi connectivity index (χ1v) is 9.09. The van der Waals surface area contributed by atoms with E-state index >= 15 is 0 Å². The van der Waals surface area contributed by atoms with E-state index in [2.05, 4.69) is 25.2 Å². The minimum atomic E-state index is -0.128. The van der Waals surface area contributed by atoms with Crippen molar-refractivity contribution in [3.8, 4) is 0 Å². The Balaban J connectivity index is 2.10. The monoisotopic (exact) mass is 347 g/mol. The zero-order chi connectivity index (χ0) is 16.8. The van der Waals surface area contributed by atoms with Crippen LogP contribution in [0.2, 0.25) is 5.02 Å². The van der Waals surface area contributed by atoms with Gasteiger partial charge in [-0.2, -0.15) is 0 Å². The first kappa shape index (κ1) is 17.9. The maximum Gasteiger partial charge on any atom is 0.237 e. The van der Waals surface area contributed by atoms with Gasteiger partial charge in [0, 0.05) is 15.6 Å². The average Bonchev–Trinajstić information content (AvgIpc) is 2.54. The van der Waals surface area contributed by atoms with Crippen LogP contribution in [0, 0.1) is 0 Å². The van der Waals surface area contributed by atoms with E-state index in [1.807, 2.05) is 49.4 Å². The van der Waals surface area contributed by atoms with E-state index in [-0.39, 0.29) is 11.2 Å². The number of nitrogens with one attached hydrogen (secondary N) is 1. The summed E-state index contributed by atoms with van der Waals surface area (Å²) in [4.78, 5) is 13.7. The molecule has 0 aliphatic carbocycles. The number of thioether (sulfide) groups is 1. The number of hydrogen-bond donors (Lipinski definition) is 1. The molecule has 0 radical (unpaired) electrons. The van der Waals surface area contributed by atoms with Crippen LogP contribution in [-0.4, -0.2) is 11.2 Å². The summed E-state index contributed by atoms with van der Waals surface area (Å²) in [5, 5.41) is 3.67. The average molecular weight is 348 g/mol. The van der Waals surface area contributed by atoms with Gasteiger partial charge in [-0.15, -0.1) is 11.8 Å². The van der Waals surface area contributed by atoms with Crippen molar-refractivity contribution in [3.05, 3.63) is 59.1 Å². The van der Waals surface area contributed by atoms with Gasteiger partial charge in [-0.3, -0.25) is 4.79 Å². The first-order chi connectivity index (χ1) is 11.0. The highest BCUT2D eigenvalue weighted by Crippen LogP contribution is 2.29. The Morgan fingerprint density at radius 2 is 1.78 bits per heavy atom. The molecule has 1 N–H and O–H groups in total. The number of benzene rings is 2. The summed E-state index contributed by atoms with van der Waals surface area (Å²) in [6.07, 6.45) is 0.767. The van der Waals surface area contributed by atoms with Gasteiger partial charge < -0.3 is 5.32 Å². The fourth-order valence-electron chi connectivity index (χ4n) is 2.33. The lowest BCUT2D eigenvalue weighted by atomic mass is 10.0. The molecule has 2 rings (SSSR count). The fourth-order valence-corrected chi connectivity index (χ4v) is 3.41. The third-order valence-electron chi connectivity index (χ3n) is 3.60. The summed E-state index contributed by atoms with van der Waals surface area (Å²) >= 11 is 7.48. The molecule has 0 fully saturated rings. The second-order valence-electron chi connectivity index (χ2n) is 5.70. The molecule has 0 aliphatic heterocycles. The van der Waals surface area contributed by atoms with Gasteiger partial charge in [-0.05, 0) is 48.2 Å². The summed E-state index contributed by atoms with van der Waals surface area (Å²) in [6, 6.07) is 15.6. The molecule has 4 heteroatoms. The van der Waals surface area contributed by atoms with Crippen LogP contribution < -0.4 is 5.32 Å². The Labute approximate surface area is 147 Å². The molecule has 23 heavy (non-hydrogen) atoms. The summed E-state index contributed by atoms with van der Waals surface area (Å²) in [5.74, 6) is 0.413. The summed E-state index contributed by atoms with van der Waals surface area (Å²) in [7, 11) is 0. The number of carbonyl (C=O) groups excluding carboxylic acids is 1. The third kappa shape index (κ3) is 5.02. The Morgan fingerprint density at radius 1 is 1.13 bits per heavy atom. The lowest BCUT2D eigenvalue weighted by Crippen LogP contribution is -2.25. The van der Waals surface area contributed by atoms with Gasteiger partial charge in [0.1, 0.15) is 0 Å². The van der Waals surface area contributed by atoms with Crippen LogP contribution in [0.25, 0.3) is 0 Å².